The molecule has 0 rings (SSSR count). The maximum atomic E-state index is 12.6. The lowest BCUT2D eigenvalue weighted by molar-refractivity contribution is -0.143. The standard InChI is InChI=1S/C19H32N4O9S/c1-9(2)7-12(19(31)32)22-17(29)11(4-6-15(26)27)21-18(30)13(8-33)23-16(28)10(20)3-5-14(24)25/h9-13,33H,3-8,20H2,1-2H3,(H,21,30)(H,22,29)(H,23,28)(H,24,25)(H,26,27)(H,31,32). The molecule has 33 heavy (non-hydrogen) atoms. The van der Waals surface area contributed by atoms with Crippen LogP contribution in [-0.4, -0.2) is 80.9 Å². The van der Waals surface area contributed by atoms with Gasteiger partial charge in [-0.05, 0) is 25.2 Å². The first-order valence-corrected chi connectivity index (χ1v) is 10.9. The van der Waals surface area contributed by atoms with Gasteiger partial charge in [0, 0.05) is 18.6 Å². The van der Waals surface area contributed by atoms with E-state index >= 15 is 0 Å². The Hall–Kier alpha value is -2.87. The zero-order chi connectivity index (χ0) is 25.7. The molecule has 0 aliphatic carbocycles. The molecule has 4 atom stereocenters. The van der Waals surface area contributed by atoms with Gasteiger partial charge in [-0.1, -0.05) is 13.8 Å². The number of nitrogens with two attached hydrogens (primary N) is 1. The number of amides is 3. The third-order valence-corrected chi connectivity index (χ3v) is 4.79. The zero-order valence-electron chi connectivity index (χ0n) is 18.4. The van der Waals surface area contributed by atoms with E-state index in [1.807, 2.05) is 0 Å². The van der Waals surface area contributed by atoms with Crippen molar-refractivity contribution < 1.29 is 44.1 Å². The Morgan fingerprint density at radius 3 is 1.67 bits per heavy atom. The molecule has 0 aliphatic rings. The van der Waals surface area contributed by atoms with Gasteiger partial charge in [-0.3, -0.25) is 24.0 Å². The highest BCUT2D eigenvalue weighted by Crippen LogP contribution is 2.07. The van der Waals surface area contributed by atoms with E-state index in [0.717, 1.165) is 0 Å². The van der Waals surface area contributed by atoms with Gasteiger partial charge in [-0.25, -0.2) is 4.79 Å². The molecule has 0 bridgehead atoms. The molecule has 0 aromatic rings. The van der Waals surface area contributed by atoms with Crippen LogP contribution in [0.5, 0.6) is 0 Å². The Morgan fingerprint density at radius 2 is 1.21 bits per heavy atom. The minimum atomic E-state index is -1.39. The molecule has 0 saturated carbocycles. The molecule has 0 saturated heterocycles. The van der Waals surface area contributed by atoms with Gasteiger partial charge in [0.2, 0.25) is 17.7 Å². The lowest BCUT2D eigenvalue weighted by Crippen LogP contribution is -2.57. The fourth-order valence-electron chi connectivity index (χ4n) is 2.66. The molecule has 0 fully saturated rings. The van der Waals surface area contributed by atoms with E-state index < -0.39 is 66.2 Å². The number of carboxylic acid groups (broad SMARTS) is 3. The fourth-order valence-corrected chi connectivity index (χ4v) is 2.91. The van der Waals surface area contributed by atoms with Gasteiger partial charge in [0.25, 0.3) is 0 Å². The summed E-state index contributed by atoms with van der Waals surface area (Å²) in [7, 11) is 0. The van der Waals surface area contributed by atoms with Crippen LogP contribution < -0.4 is 21.7 Å². The molecule has 0 spiro atoms. The lowest BCUT2D eigenvalue weighted by atomic mass is 10.0. The van der Waals surface area contributed by atoms with Crippen molar-refractivity contribution in [1.29, 1.82) is 0 Å². The Balaban J connectivity index is 5.30. The summed E-state index contributed by atoms with van der Waals surface area (Å²) in [5.41, 5.74) is 5.60. The predicted octanol–water partition coefficient (Wildman–Crippen LogP) is -1.44. The molecule has 13 nitrogen and oxygen atoms in total. The van der Waals surface area contributed by atoms with Crippen molar-refractivity contribution >= 4 is 48.3 Å². The quantitative estimate of drug-likeness (QED) is 0.117. The van der Waals surface area contributed by atoms with Gasteiger partial charge in [0.1, 0.15) is 18.1 Å². The molecule has 4 unspecified atom stereocenters. The molecule has 0 radical (unpaired) electrons. The summed E-state index contributed by atoms with van der Waals surface area (Å²) in [6.07, 6.45) is -1.22. The summed E-state index contributed by atoms with van der Waals surface area (Å²) in [5.74, 6) is -6.50. The summed E-state index contributed by atoms with van der Waals surface area (Å²) in [6.45, 7) is 3.51. The number of carbonyl (C=O) groups excluding carboxylic acids is 3. The monoisotopic (exact) mass is 492 g/mol. The van der Waals surface area contributed by atoms with Crippen LogP contribution in [0.25, 0.3) is 0 Å². The Labute approximate surface area is 196 Å². The normalized spacial score (nSPS) is 14.5. The highest BCUT2D eigenvalue weighted by atomic mass is 32.1. The van der Waals surface area contributed by atoms with E-state index in [4.69, 9.17) is 15.9 Å². The van der Waals surface area contributed by atoms with Crippen LogP contribution >= 0.6 is 12.6 Å². The second-order valence-corrected chi connectivity index (χ2v) is 8.17. The van der Waals surface area contributed by atoms with Crippen molar-refractivity contribution in [3.05, 3.63) is 0 Å². The molecule has 0 heterocycles. The summed E-state index contributed by atoms with van der Waals surface area (Å²) in [5, 5.41) is 33.8. The molecule has 0 aromatic heterocycles. The number of carboxylic acids is 3. The van der Waals surface area contributed by atoms with Gasteiger partial charge in [0.05, 0.1) is 6.04 Å². The average Bonchev–Trinajstić information content (AvgIpc) is 2.71. The number of hydrogen-bond acceptors (Lipinski definition) is 8. The number of aliphatic carboxylic acids is 3. The SMILES string of the molecule is CC(C)CC(NC(=O)C(CCC(=O)O)NC(=O)C(CS)NC(=O)C(N)CCC(=O)O)C(=O)O. The van der Waals surface area contributed by atoms with Crippen LogP contribution in [0.2, 0.25) is 0 Å². The largest absolute Gasteiger partial charge is 0.481 e. The first-order valence-electron chi connectivity index (χ1n) is 10.2. The minimum absolute atomic E-state index is 0.0624. The average molecular weight is 493 g/mol. The summed E-state index contributed by atoms with van der Waals surface area (Å²) < 4.78 is 0. The molecule has 0 aromatic carbocycles. The van der Waals surface area contributed by atoms with Crippen LogP contribution in [0.4, 0.5) is 0 Å². The number of hydrogen-bond donors (Lipinski definition) is 8. The van der Waals surface area contributed by atoms with Gasteiger partial charge in [-0.15, -0.1) is 0 Å². The van der Waals surface area contributed by atoms with Crippen molar-refractivity contribution in [2.24, 2.45) is 11.7 Å². The number of carbonyl (C=O) groups is 6. The first-order chi connectivity index (χ1) is 15.3. The zero-order valence-corrected chi connectivity index (χ0v) is 19.3. The van der Waals surface area contributed by atoms with Crippen molar-refractivity contribution in [1.82, 2.24) is 16.0 Å². The van der Waals surface area contributed by atoms with Crippen LogP contribution in [0.3, 0.4) is 0 Å². The van der Waals surface area contributed by atoms with E-state index in [1.165, 1.54) is 0 Å². The highest BCUT2D eigenvalue weighted by molar-refractivity contribution is 7.80. The van der Waals surface area contributed by atoms with Crippen molar-refractivity contribution in [3.8, 4) is 0 Å². The maximum absolute atomic E-state index is 12.6. The smallest absolute Gasteiger partial charge is 0.326 e. The molecular formula is C19H32N4O9S. The summed E-state index contributed by atoms with van der Waals surface area (Å²) >= 11 is 3.98. The lowest BCUT2D eigenvalue weighted by Gasteiger charge is -2.24. The Kier molecular flexibility index (Phi) is 13.7. The van der Waals surface area contributed by atoms with Crippen LogP contribution in [0, 0.1) is 5.92 Å². The van der Waals surface area contributed by atoms with Gasteiger partial charge in [0.15, 0.2) is 0 Å². The third-order valence-electron chi connectivity index (χ3n) is 4.42. The van der Waals surface area contributed by atoms with Gasteiger partial charge in [-0.2, -0.15) is 12.6 Å². The predicted molar refractivity (Wildman–Crippen MR) is 118 cm³/mol. The summed E-state index contributed by atoms with van der Waals surface area (Å²) in [6, 6.07) is -5.09. The maximum Gasteiger partial charge on any atom is 0.326 e. The second-order valence-electron chi connectivity index (χ2n) is 7.81. The van der Waals surface area contributed by atoms with Crippen molar-refractivity contribution in [2.75, 3.05) is 5.75 Å². The fraction of sp³-hybridized carbons (Fsp3) is 0.684. The number of rotatable bonds is 16. The van der Waals surface area contributed by atoms with Crippen molar-refractivity contribution in [2.45, 2.75) is 70.1 Å². The van der Waals surface area contributed by atoms with Gasteiger partial charge < -0.3 is 37.0 Å². The number of nitrogens with one attached hydrogen (secondary N) is 3. The second kappa shape index (κ2) is 15.1. The molecular weight excluding hydrogens is 460 g/mol. The van der Waals surface area contributed by atoms with Crippen molar-refractivity contribution in [3.63, 3.8) is 0 Å². The van der Waals surface area contributed by atoms with Crippen LogP contribution in [0.15, 0.2) is 0 Å². The van der Waals surface area contributed by atoms with Gasteiger partial charge >= 0.3 is 17.9 Å². The van der Waals surface area contributed by atoms with E-state index in [0.29, 0.717) is 0 Å². The molecule has 8 N–H and O–H groups in total. The molecule has 14 heteroatoms. The van der Waals surface area contributed by atoms with E-state index in [9.17, 15) is 33.9 Å². The van der Waals surface area contributed by atoms with E-state index in [2.05, 4.69) is 28.6 Å². The summed E-state index contributed by atoms with van der Waals surface area (Å²) in [4.78, 5) is 70.3. The first kappa shape index (κ1) is 30.1. The molecule has 0 aliphatic heterocycles. The molecule has 188 valence electrons. The van der Waals surface area contributed by atoms with E-state index in [-0.39, 0.29) is 37.4 Å². The van der Waals surface area contributed by atoms with Crippen LogP contribution in [0.1, 0.15) is 46.0 Å². The Bertz CT molecular complexity index is 732. The third kappa shape index (κ3) is 12.7. The Morgan fingerprint density at radius 1 is 0.758 bits per heavy atom. The van der Waals surface area contributed by atoms with Crippen LogP contribution in [-0.2, 0) is 28.8 Å². The minimum Gasteiger partial charge on any atom is -0.481 e. The number of thiol groups is 1. The van der Waals surface area contributed by atoms with E-state index in [1.54, 1.807) is 13.8 Å². The highest BCUT2D eigenvalue weighted by Gasteiger charge is 2.30. The topological polar surface area (TPSA) is 225 Å². The molecule has 3 amide bonds.